The van der Waals surface area contributed by atoms with E-state index in [1.807, 2.05) is 0 Å². The van der Waals surface area contributed by atoms with Gasteiger partial charge in [0.05, 0.1) is 44.5 Å². The predicted octanol–water partition coefficient (Wildman–Crippen LogP) is 4.34. The number of hydrogen-bond acceptors (Lipinski definition) is 7. The molecular weight excluding hydrogens is 441 g/mol. The molecule has 0 spiro atoms. The summed E-state index contributed by atoms with van der Waals surface area (Å²) in [7, 11) is 3.04. The maximum atomic E-state index is 13.4. The highest BCUT2D eigenvalue weighted by Gasteiger charge is 2.37. The smallest absolute Gasteiger partial charge is 0.336 e. The lowest BCUT2D eigenvalue weighted by Crippen LogP contribution is -2.29. The number of esters is 2. The van der Waals surface area contributed by atoms with E-state index in [4.69, 9.17) is 18.9 Å². The summed E-state index contributed by atoms with van der Waals surface area (Å²) in [6.45, 7) is 4.04. The molecule has 8 heteroatoms. The summed E-state index contributed by atoms with van der Waals surface area (Å²) in [6, 6.07) is 11.2. The second kappa shape index (κ2) is 11.4. The maximum absolute atomic E-state index is 13.4. The number of nitrogens with zero attached hydrogens (tertiary/aromatic N) is 1. The van der Waals surface area contributed by atoms with Crippen LogP contribution in [-0.4, -0.2) is 44.3 Å². The Bertz CT molecular complexity index is 1060. The Kier molecular flexibility index (Phi) is 8.29. The molecule has 1 aliphatic rings. The van der Waals surface area contributed by atoms with E-state index in [1.165, 1.54) is 26.4 Å². The van der Waals surface area contributed by atoms with Gasteiger partial charge >= 0.3 is 11.9 Å². The molecule has 180 valence electrons. The molecule has 0 radical (unpaired) electrons. The molecule has 0 N–H and O–H groups in total. The number of ether oxygens (including phenoxy) is 4. The molecule has 0 bridgehead atoms. The molecule has 0 atom stereocenters. The van der Waals surface area contributed by atoms with Crippen LogP contribution in [0.15, 0.2) is 66.0 Å². The SMILES string of the molecule is CCOC(=O)C1=CN(Cc2ccc(F)cc2)C=C(C(=O)OCC)C1c1cc(OC)ccc1OC. The van der Waals surface area contributed by atoms with E-state index in [0.29, 0.717) is 23.6 Å². The number of methoxy groups -OCH3 is 2. The van der Waals surface area contributed by atoms with Crippen LogP contribution >= 0.6 is 0 Å². The van der Waals surface area contributed by atoms with Crippen LogP contribution in [0.1, 0.15) is 30.9 Å². The highest BCUT2D eigenvalue weighted by molar-refractivity contribution is 5.99. The van der Waals surface area contributed by atoms with Crippen LogP contribution < -0.4 is 9.47 Å². The zero-order valence-corrected chi connectivity index (χ0v) is 19.7. The summed E-state index contributed by atoms with van der Waals surface area (Å²) in [5.74, 6) is -1.29. The third-order valence-corrected chi connectivity index (χ3v) is 5.28. The zero-order chi connectivity index (χ0) is 24.7. The highest BCUT2D eigenvalue weighted by atomic mass is 19.1. The lowest BCUT2D eigenvalue weighted by atomic mass is 9.82. The van der Waals surface area contributed by atoms with Gasteiger partial charge in [0.25, 0.3) is 0 Å². The van der Waals surface area contributed by atoms with Crippen molar-refractivity contribution in [3.05, 3.63) is 83.0 Å². The molecule has 1 heterocycles. The van der Waals surface area contributed by atoms with Crippen LogP contribution in [0.3, 0.4) is 0 Å². The fraction of sp³-hybridized carbons (Fsp3) is 0.308. The molecule has 2 aromatic rings. The van der Waals surface area contributed by atoms with Crippen LogP contribution in [-0.2, 0) is 25.6 Å². The van der Waals surface area contributed by atoms with Crippen LogP contribution in [0.25, 0.3) is 0 Å². The van der Waals surface area contributed by atoms with Crippen molar-refractivity contribution < 1.29 is 32.9 Å². The van der Waals surface area contributed by atoms with Crippen molar-refractivity contribution in [2.24, 2.45) is 0 Å². The molecule has 0 aliphatic carbocycles. The highest BCUT2D eigenvalue weighted by Crippen LogP contribution is 2.42. The topological polar surface area (TPSA) is 74.3 Å². The molecular formula is C26H28FNO6. The third kappa shape index (κ3) is 5.57. The van der Waals surface area contributed by atoms with E-state index in [0.717, 1.165) is 5.56 Å². The van der Waals surface area contributed by atoms with E-state index in [2.05, 4.69) is 0 Å². The Morgan fingerprint density at radius 3 is 1.97 bits per heavy atom. The van der Waals surface area contributed by atoms with Crippen molar-refractivity contribution in [3.63, 3.8) is 0 Å². The molecule has 0 aromatic heterocycles. The average Bonchev–Trinajstić information content (AvgIpc) is 2.84. The van der Waals surface area contributed by atoms with Crippen molar-refractivity contribution in [2.75, 3.05) is 27.4 Å². The number of halogens is 1. The first kappa shape index (κ1) is 24.8. The summed E-state index contributed by atoms with van der Waals surface area (Å²) >= 11 is 0. The molecule has 3 rings (SSSR count). The number of carbonyl (C=O) groups is 2. The molecule has 2 aromatic carbocycles. The van der Waals surface area contributed by atoms with Crippen LogP contribution in [0.4, 0.5) is 4.39 Å². The molecule has 0 unspecified atom stereocenters. The number of rotatable bonds is 9. The van der Waals surface area contributed by atoms with Gasteiger partial charge in [-0.3, -0.25) is 0 Å². The standard InChI is InChI=1S/C26H28FNO6/c1-5-33-25(29)21-15-28(14-17-7-9-18(27)10-8-17)16-22(26(30)34-6-2)24(21)20-13-19(31-3)11-12-23(20)32-4/h7-13,15-16,24H,5-6,14H2,1-4H3. The quantitative estimate of drug-likeness (QED) is 0.506. The van der Waals surface area contributed by atoms with Gasteiger partial charge in [-0.2, -0.15) is 0 Å². The Hall–Kier alpha value is -3.81. The number of benzene rings is 2. The molecule has 34 heavy (non-hydrogen) atoms. The lowest BCUT2D eigenvalue weighted by Gasteiger charge is -2.31. The number of carbonyl (C=O) groups excluding carboxylic acids is 2. The predicted molar refractivity (Wildman–Crippen MR) is 124 cm³/mol. The first-order valence-corrected chi connectivity index (χ1v) is 10.9. The van der Waals surface area contributed by atoms with Crippen molar-refractivity contribution in [2.45, 2.75) is 26.3 Å². The largest absolute Gasteiger partial charge is 0.497 e. The fourth-order valence-electron chi connectivity index (χ4n) is 3.77. The monoisotopic (exact) mass is 469 g/mol. The van der Waals surface area contributed by atoms with Gasteiger partial charge in [0, 0.05) is 24.5 Å². The van der Waals surface area contributed by atoms with Crippen molar-refractivity contribution in [1.82, 2.24) is 4.90 Å². The Balaban J connectivity index is 2.16. The van der Waals surface area contributed by atoms with Gasteiger partial charge in [-0.1, -0.05) is 12.1 Å². The summed E-state index contributed by atoms with van der Waals surface area (Å²) in [5, 5.41) is 0. The van der Waals surface area contributed by atoms with Gasteiger partial charge in [0.15, 0.2) is 0 Å². The minimum Gasteiger partial charge on any atom is -0.497 e. The van der Waals surface area contributed by atoms with Crippen LogP contribution in [0, 0.1) is 5.82 Å². The maximum Gasteiger partial charge on any atom is 0.336 e. The Labute approximate surface area is 198 Å². The lowest BCUT2D eigenvalue weighted by molar-refractivity contribution is -0.139. The second-order valence-corrected chi connectivity index (χ2v) is 7.45. The van der Waals surface area contributed by atoms with Crippen molar-refractivity contribution in [3.8, 4) is 11.5 Å². The zero-order valence-electron chi connectivity index (χ0n) is 19.7. The second-order valence-electron chi connectivity index (χ2n) is 7.45. The summed E-state index contributed by atoms with van der Waals surface area (Å²) in [6.07, 6.45) is 3.27. The minimum atomic E-state index is -0.812. The van der Waals surface area contributed by atoms with E-state index < -0.39 is 17.9 Å². The molecule has 0 fully saturated rings. The normalized spacial score (nSPS) is 13.6. The molecule has 7 nitrogen and oxygen atoms in total. The molecule has 0 amide bonds. The van der Waals surface area contributed by atoms with Gasteiger partial charge in [-0.05, 0) is 49.7 Å². The van der Waals surface area contributed by atoms with E-state index >= 15 is 0 Å². The van der Waals surface area contributed by atoms with Crippen molar-refractivity contribution >= 4 is 11.9 Å². The van der Waals surface area contributed by atoms with Crippen LogP contribution in [0.5, 0.6) is 11.5 Å². The van der Waals surface area contributed by atoms with Gasteiger partial charge in [0.1, 0.15) is 17.3 Å². The van der Waals surface area contributed by atoms with Gasteiger partial charge < -0.3 is 23.8 Å². The first-order valence-electron chi connectivity index (χ1n) is 10.9. The third-order valence-electron chi connectivity index (χ3n) is 5.28. The van der Waals surface area contributed by atoms with Gasteiger partial charge in [-0.25, -0.2) is 14.0 Å². The molecule has 0 saturated carbocycles. The average molecular weight is 470 g/mol. The fourth-order valence-corrected chi connectivity index (χ4v) is 3.77. The van der Waals surface area contributed by atoms with Crippen LogP contribution in [0.2, 0.25) is 0 Å². The molecule has 1 aliphatic heterocycles. The van der Waals surface area contributed by atoms with Crippen molar-refractivity contribution in [1.29, 1.82) is 0 Å². The summed E-state index contributed by atoms with van der Waals surface area (Å²) in [5.41, 5.74) is 1.82. The molecule has 0 saturated heterocycles. The van der Waals surface area contributed by atoms with Gasteiger partial charge in [0.2, 0.25) is 0 Å². The first-order chi connectivity index (χ1) is 16.4. The summed E-state index contributed by atoms with van der Waals surface area (Å²) in [4.78, 5) is 27.9. The van der Waals surface area contributed by atoms with Gasteiger partial charge in [-0.15, -0.1) is 0 Å². The Morgan fingerprint density at radius 2 is 1.47 bits per heavy atom. The minimum absolute atomic E-state index is 0.161. The van der Waals surface area contributed by atoms with E-state index in [1.54, 1.807) is 61.5 Å². The Morgan fingerprint density at radius 1 is 0.882 bits per heavy atom. The number of hydrogen-bond donors (Lipinski definition) is 0. The van der Waals surface area contributed by atoms with E-state index in [9.17, 15) is 14.0 Å². The summed E-state index contributed by atoms with van der Waals surface area (Å²) < 4.78 is 34.9. The van der Waals surface area contributed by atoms with E-state index in [-0.39, 0.29) is 30.2 Å².